The molecule has 0 bridgehead atoms. The van der Waals surface area contributed by atoms with Crippen LogP contribution in [-0.2, 0) is 0 Å². The van der Waals surface area contributed by atoms with Crippen LogP contribution in [0, 0.1) is 32.4 Å². The quantitative estimate of drug-likeness (QED) is 0.913. The lowest BCUT2D eigenvalue weighted by Crippen LogP contribution is -2.20. The summed E-state index contributed by atoms with van der Waals surface area (Å²) in [5, 5.41) is 3.03. The maximum atomic E-state index is 13.9. The third-order valence-corrected chi connectivity index (χ3v) is 3.46. The fourth-order valence-electron chi connectivity index (χ4n) is 2.43. The second-order valence-electron chi connectivity index (χ2n) is 4.64. The topological polar surface area (TPSA) is 25.2 Å². The van der Waals surface area contributed by atoms with Crippen LogP contribution >= 0.6 is 0 Å². The Morgan fingerprint density at radius 3 is 2.32 bits per heavy atom. The molecule has 0 spiro atoms. The molecule has 0 aliphatic carbocycles. The minimum Gasteiger partial charge on any atom is -0.466 e. The first kappa shape index (κ1) is 13.7. The molecule has 0 fully saturated rings. The van der Waals surface area contributed by atoms with E-state index in [9.17, 15) is 8.78 Å². The highest BCUT2D eigenvalue weighted by molar-refractivity contribution is 5.41. The smallest absolute Gasteiger partial charge is 0.128 e. The average Bonchev–Trinajstić information content (AvgIpc) is 2.61. The Labute approximate surface area is 111 Å². The fraction of sp³-hybridized carbons (Fsp3) is 0.333. The number of furan rings is 1. The van der Waals surface area contributed by atoms with Crippen LogP contribution in [0.3, 0.4) is 0 Å². The molecule has 1 N–H and O–H groups in total. The molecule has 1 unspecified atom stereocenters. The summed E-state index contributed by atoms with van der Waals surface area (Å²) in [6.07, 6.45) is 0. The van der Waals surface area contributed by atoms with Crippen LogP contribution in [0.2, 0.25) is 0 Å². The van der Waals surface area contributed by atoms with E-state index < -0.39 is 17.7 Å². The molecule has 1 aromatic heterocycles. The number of halogens is 2. The predicted octanol–water partition coefficient (Wildman–Crippen LogP) is 3.79. The second kappa shape index (κ2) is 5.13. The zero-order valence-corrected chi connectivity index (χ0v) is 11.5. The van der Waals surface area contributed by atoms with Crippen LogP contribution in [0.15, 0.2) is 22.6 Å². The monoisotopic (exact) mass is 265 g/mol. The summed E-state index contributed by atoms with van der Waals surface area (Å²) in [7, 11) is 1.72. The molecule has 0 aliphatic heterocycles. The Morgan fingerprint density at radius 2 is 1.79 bits per heavy atom. The van der Waals surface area contributed by atoms with Crippen molar-refractivity contribution in [3.05, 3.63) is 58.0 Å². The molecular weight excluding hydrogens is 248 g/mol. The molecule has 2 rings (SSSR count). The van der Waals surface area contributed by atoms with Crippen LogP contribution in [0.4, 0.5) is 8.78 Å². The van der Waals surface area contributed by atoms with E-state index in [1.165, 1.54) is 6.07 Å². The standard InChI is InChI=1S/C15H17F2NO/c1-8-9(2)19-10(3)14(8)15(18-4)12-7-11(16)5-6-13(12)17/h5-7,15,18H,1-4H3. The molecule has 0 radical (unpaired) electrons. The molecule has 0 aliphatic rings. The number of rotatable bonds is 3. The van der Waals surface area contributed by atoms with Crippen molar-refractivity contribution in [1.29, 1.82) is 0 Å². The maximum Gasteiger partial charge on any atom is 0.128 e. The minimum atomic E-state index is -0.452. The third-order valence-electron chi connectivity index (χ3n) is 3.46. The van der Waals surface area contributed by atoms with Gasteiger partial charge in [0.15, 0.2) is 0 Å². The van der Waals surface area contributed by atoms with Crippen molar-refractivity contribution in [3.63, 3.8) is 0 Å². The summed E-state index contributed by atoms with van der Waals surface area (Å²) in [6, 6.07) is 3.06. The highest BCUT2D eigenvalue weighted by Gasteiger charge is 2.24. The highest BCUT2D eigenvalue weighted by Crippen LogP contribution is 2.32. The van der Waals surface area contributed by atoms with E-state index in [2.05, 4.69) is 5.32 Å². The molecule has 2 aromatic rings. The number of hydrogen-bond donors (Lipinski definition) is 1. The van der Waals surface area contributed by atoms with E-state index in [0.717, 1.165) is 34.8 Å². The van der Waals surface area contributed by atoms with E-state index in [4.69, 9.17) is 4.42 Å². The van der Waals surface area contributed by atoms with Gasteiger partial charge in [0.05, 0.1) is 6.04 Å². The molecule has 1 aromatic carbocycles. The summed E-state index contributed by atoms with van der Waals surface area (Å²) >= 11 is 0. The molecule has 0 saturated carbocycles. The van der Waals surface area contributed by atoms with Crippen LogP contribution in [0.25, 0.3) is 0 Å². The predicted molar refractivity (Wildman–Crippen MR) is 70.2 cm³/mol. The van der Waals surface area contributed by atoms with Crippen LogP contribution in [0.5, 0.6) is 0 Å². The van der Waals surface area contributed by atoms with Gasteiger partial charge in [0.25, 0.3) is 0 Å². The van der Waals surface area contributed by atoms with Gasteiger partial charge in [0, 0.05) is 11.1 Å². The number of aryl methyl sites for hydroxylation is 2. The summed E-state index contributed by atoms with van der Waals surface area (Å²) in [6.45, 7) is 5.61. The Kier molecular flexibility index (Phi) is 3.71. The molecule has 2 nitrogen and oxygen atoms in total. The zero-order valence-electron chi connectivity index (χ0n) is 11.5. The van der Waals surface area contributed by atoms with Gasteiger partial charge in [0.1, 0.15) is 23.2 Å². The van der Waals surface area contributed by atoms with E-state index in [1.807, 2.05) is 20.8 Å². The zero-order chi connectivity index (χ0) is 14.2. The number of benzene rings is 1. The van der Waals surface area contributed by atoms with E-state index >= 15 is 0 Å². The lowest BCUT2D eigenvalue weighted by molar-refractivity contribution is 0.493. The van der Waals surface area contributed by atoms with Crippen molar-refractivity contribution in [1.82, 2.24) is 5.32 Å². The molecule has 1 heterocycles. The molecule has 19 heavy (non-hydrogen) atoms. The van der Waals surface area contributed by atoms with Gasteiger partial charge in [-0.25, -0.2) is 8.78 Å². The highest BCUT2D eigenvalue weighted by atomic mass is 19.1. The van der Waals surface area contributed by atoms with Crippen molar-refractivity contribution in [2.24, 2.45) is 0 Å². The first-order valence-electron chi connectivity index (χ1n) is 6.14. The SMILES string of the molecule is CNC(c1cc(F)ccc1F)c1c(C)oc(C)c1C. The normalized spacial score (nSPS) is 12.7. The summed E-state index contributed by atoms with van der Waals surface area (Å²) in [5.41, 5.74) is 2.11. The fourth-order valence-corrected chi connectivity index (χ4v) is 2.43. The van der Waals surface area contributed by atoms with Crippen molar-refractivity contribution in [2.75, 3.05) is 7.05 Å². The van der Waals surface area contributed by atoms with Gasteiger partial charge in [-0.1, -0.05) is 0 Å². The summed E-state index contributed by atoms with van der Waals surface area (Å²) < 4.78 is 32.8. The first-order chi connectivity index (χ1) is 8.95. The van der Waals surface area contributed by atoms with Gasteiger partial charge in [-0.3, -0.25) is 0 Å². The van der Waals surface area contributed by atoms with Gasteiger partial charge >= 0.3 is 0 Å². The van der Waals surface area contributed by atoms with Crippen LogP contribution < -0.4 is 5.32 Å². The Hall–Kier alpha value is -1.68. The molecule has 0 saturated heterocycles. The molecule has 0 amide bonds. The van der Waals surface area contributed by atoms with Crippen molar-refractivity contribution >= 4 is 0 Å². The van der Waals surface area contributed by atoms with Crippen LogP contribution in [-0.4, -0.2) is 7.05 Å². The Bertz CT molecular complexity index is 604. The average molecular weight is 265 g/mol. The van der Waals surface area contributed by atoms with E-state index in [-0.39, 0.29) is 5.56 Å². The van der Waals surface area contributed by atoms with E-state index in [0.29, 0.717) is 0 Å². The number of nitrogens with one attached hydrogen (secondary N) is 1. The van der Waals surface area contributed by atoms with Crippen molar-refractivity contribution < 1.29 is 13.2 Å². The number of hydrogen-bond acceptors (Lipinski definition) is 2. The van der Waals surface area contributed by atoms with E-state index in [1.54, 1.807) is 7.05 Å². The summed E-state index contributed by atoms with van der Waals surface area (Å²) in [4.78, 5) is 0. The van der Waals surface area contributed by atoms with Crippen molar-refractivity contribution in [2.45, 2.75) is 26.8 Å². The van der Waals surface area contributed by atoms with Gasteiger partial charge in [0.2, 0.25) is 0 Å². The molecule has 1 atom stereocenters. The lowest BCUT2D eigenvalue weighted by Gasteiger charge is -2.18. The van der Waals surface area contributed by atoms with Gasteiger partial charge in [-0.2, -0.15) is 0 Å². The first-order valence-corrected chi connectivity index (χ1v) is 6.14. The third kappa shape index (κ3) is 2.40. The largest absolute Gasteiger partial charge is 0.466 e. The molecule has 102 valence electrons. The Morgan fingerprint density at radius 1 is 1.11 bits per heavy atom. The molecule has 4 heteroatoms. The Balaban J connectivity index is 2.59. The minimum absolute atomic E-state index is 0.287. The molecular formula is C15H17F2NO. The van der Waals surface area contributed by atoms with Gasteiger partial charge in [-0.15, -0.1) is 0 Å². The lowest BCUT2D eigenvalue weighted by atomic mass is 9.95. The maximum absolute atomic E-state index is 13.9. The van der Waals surface area contributed by atoms with Gasteiger partial charge in [-0.05, 0) is 51.6 Å². The van der Waals surface area contributed by atoms with Gasteiger partial charge < -0.3 is 9.73 Å². The summed E-state index contributed by atoms with van der Waals surface area (Å²) in [5.74, 6) is 0.633. The second-order valence-corrected chi connectivity index (χ2v) is 4.64. The van der Waals surface area contributed by atoms with Crippen LogP contribution in [0.1, 0.15) is 34.3 Å². The van der Waals surface area contributed by atoms with Crippen molar-refractivity contribution in [3.8, 4) is 0 Å².